The second-order valence-corrected chi connectivity index (χ2v) is 4.82. The molecule has 0 radical (unpaired) electrons. The van der Waals surface area contributed by atoms with E-state index in [2.05, 4.69) is 26.6 Å². The zero-order chi connectivity index (χ0) is 13.5. The lowest BCUT2D eigenvalue weighted by molar-refractivity contribution is -0.115. The number of amides is 1. The lowest BCUT2D eigenvalue weighted by atomic mass is 10.1. The number of hydrogen-bond donors (Lipinski definition) is 3. The van der Waals surface area contributed by atoms with Crippen LogP contribution in [-0.2, 0) is 9.53 Å². The minimum absolute atomic E-state index is 0.129. The topological polar surface area (TPSA) is 76.4 Å². The zero-order valence-electron chi connectivity index (χ0n) is 10.5. The molecule has 1 aromatic rings. The van der Waals surface area contributed by atoms with Gasteiger partial charge in [0.1, 0.15) is 0 Å². The molecule has 1 amide bonds. The van der Waals surface area contributed by atoms with E-state index in [4.69, 9.17) is 10.5 Å². The largest absolute Gasteiger partial charge is 0.397 e. The first-order valence-corrected chi connectivity index (χ1v) is 6.39. The Kier molecular flexibility index (Phi) is 6.11. The number of halogens is 1. The molecule has 0 bridgehead atoms. The molecule has 0 aliphatic rings. The number of methoxy groups -OCH3 is 1. The Morgan fingerprint density at radius 3 is 2.89 bits per heavy atom. The molecule has 6 heteroatoms. The molecule has 0 atom stereocenters. The van der Waals surface area contributed by atoms with Crippen molar-refractivity contribution in [3.05, 3.63) is 22.2 Å². The van der Waals surface area contributed by atoms with Gasteiger partial charge in [0.2, 0.25) is 5.91 Å². The number of rotatable bonds is 6. The predicted molar refractivity (Wildman–Crippen MR) is 76.7 cm³/mol. The molecule has 1 rings (SSSR count). The van der Waals surface area contributed by atoms with Crippen molar-refractivity contribution in [3.8, 4) is 0 Å². The molecule has 0 saturated heterocycles. The summed E-state index contributed by atoms with van der Waals surface area (Å²) >= 11 is 3.37. The highest BCUT2D eigenvalue weighted by molar-refractivity contribution is 9.10. The summed E-state index contributed by atoms with van der Waals surface area (Å²) in [5.41, 5.74) is 8.04. The summed E-state index contributed by atoms with van der Waals surface area (Å²) in [6.07, 6.45) is 0. The monoisotopic (exact) mass is 315 g/mol. The number of hydrogen-bond acceptors (Lipinski definition) is 4. The van der Waals surface area contributed by atoms with Crippen LogP contribution in [0.5, 0.6) is 0 Å². The van der Waals surface area contributed by atoms with Gasteiger partial charge in [0.05, 0.1) is 24.5 Å². The van der Waals surface area contributed by atoms with Gasteiger partial charge in [0.15, 0.2) is 0 Å². The van der Waals surface area contributed by atoms with Gasteiger partial charge in [-0.05, 0) is 24.6 Å². The van der Waals surface area contributed by atoms with Crippen LogP contribution in [-0.4, -0.2) is 32.7 Å². The highest BCUT2D eigenvalue weighted by Crippen LogP contribution is 2.27. The van der Waals surface area contributed by atoms with Crippen molar-refractivity contribution in [2.45, 2.75) is 6.92 Å². The molecular weight excluding hydrogens is 298 g/mol. The fourth-order valence-corrected chi connectivity index (χ4v) is 2.00. The summed E-state index contributed by atoms with van der Waals surface area (Å²) in [5.74, 6) is -0.129. The maximum atomic E-state index is 11.7. The Labute approximate surface area is 115 Å². The van der Waals surface area contributed by atoms with Crippen LogP contribution in [0.4, 0.5) is 11.4 Å². The van der Waals surface area contributed by atoms with Crippen LogP contribution in [0.2, 0.25) is 0 Å². The van der Waals surface area contributed by atoms with Crippen molar-refractivity contribution in [2.24, 2.45) is 0 Å². The number of carbonyl (C=O) groups excluding carboxylic acids is 1. The highest BCUT2D eigenvalue weighted by atomic mass is 79.9. The molecule has 0 fully saturated rings. The molecule has 100 valence electrons. The number of carbonyl (C=O) groups is 1. The van der Waals surface area contributed by atoms with E-state index in [-0.39, 0.29) is 12.5 Å². The molecule has 1 aromatic carbocycles. The number of aryl methyl sites for hydroxylation is 1. The summed E-state index contributed by atoms with van der Waals surface area (Å²) in [6, 6.07) is 3.69. The molecule has 0 saturated carbocycles. The summed E-state index contributed by atoms with van der Waals surface area (Å²) < 4.78 is 5.76. The molecule has 4 N–H and O–H groups in total. The number of ether oxygens (including phenoxy) is 1. The Bertz CT molecular complexity index is 424. The Morgan fingerprint density at radius 2 is 2.22 bits per heavy atom. The number of benzene rings is 1. The minimum atomic E-state index is -0.129. The Balaban J connectivity index is 2.54. The number of nitrogens with one attached hydrogen (secondary N) is 2. The standard InChI is InChI=1S/C12H18BrN3O2/c1-8-5-9(13)6-10(12(8)14)16-11(17)7-15-3-4-18-2/h5-6,15H,3-4,7,14H2,1-2H3,(H,16,17). The molecule has 0 unspecified atom stereocenters. The zero-order valence-corrected chi connectivity index (χ0v) is 12.1. The van der Waals surface area contributed by atoms with Crippen molar-refractivity contribution < 1.29 is 9.53 Å². The van der Waals surface area contributed by atoms with Gasteiger partial charge in [-0.15, -0.1) is 0 Å². The summed E-state index contributed by atoms with van der Waals surface area (Å²) in [4.78, 5) is 11.7. The van der Waals surface area contributed by atoms with Crippen molar-refractivity contribution >= 4 is 33.2 Å². The summed E-state index contributed by atoms with van der Waals surface area (Å²) in [7, 11) is 1.62. The smallest absolute Gasteiger partial charge is 0.238 e. The predicted octanol–water partition coefficient (Wildman–Crippen LogP) is 1.51. The van der Waals surface area contributed by atoms with Crippen LogP contribution >= 0.6 is 15.9 Å². The van der Waals surface area contributed by atoms with Gasteiger partial charge >= 0.3 is 0 Å². The fraction of sp³-hybridized carbons (Fsp3) is 0.417. The third-order valence-corrected chi connectivity index (χ3v) is 2.85. The Hall–Kier alpha value is -1.11. The van der Waals surface area contributed by atoms with Crippen LogP contribution in [0.15, 0.2) is 16.6 Å². The van der Waals surface area contributed by atoms with E-state index in [1.54, 1.807) is 13.2 Å². The minimum Gasteiger partial charge on any atom is -0.397 e. The first-order chi connectivity index (χ1) is 8.54. The maximum absolute atomic E-state index is 11.7. The average molecular weight is 316 g/mol. The quantitative estimate of drug-likeness (QED) is 0.549. The number of nitrogens with two attached hydrogens (primary N) is 1. The molecule has 0 spiro atoms. The van der Waals surface area contributed by atoms with Gasteiger partial charge in [-0.1, -0.05) is 15.9 Å². The summed E-state index contributed by atoms with van der Waals surface area (Å²) in [5, 5.41) is 5.74. The van der Waals surface area contributed by atoms with Crippen LogP contribution in [0, 0.1) is 6.92 Å². The van der Waals surface area contributed by atoms with E-state index < -0.39 is 0 Å². The van der Waals surface area contributed by atoms with E-state index in [9.17, 15) is 4.79 Å². The van der Waals surface area contributed by atoms with E-state index in [1.165, 1.54) is 0 Å². The van der Waals surface area contributed by atoms with E-state index in [0.29, 0.717) is 24.5 Å². The normalized spacial score (nSPS) is 10.4. The van der Waals surface area contributed by atoms with Crippen molar-refractivity contribution in [1.82, 2.24) is 5.32 Å². The third kappa shape index (κ3) is 4.64. The average Bonchev–Trinajstić information content (AvgIpc) is 2.31. The van der Waals surface area contributed by atoms with Crippen LogP contribution < -0.4 is 16.4 Å². The molecule has 0 aliphatic heterocycles. The first kappa shape index (κ1) is 14.9. The Morgan fingerprint density at radius 1 is 1.50 bits per heavy atom. The van der Waals surface area contributed by atoms with E-state index >= 15 is 0 Å². The van der Waals surface area contributed by atoms with Crippen molar-refractivity contribution in [2.75, 3.05) is 37.9 Å². The van der Waals surface area contributed by atoms with Crippen LogP contribution in [0.25, 0.3) is 0 Å². The van der Waals surface area contributed by atoms with Gasteiger partial charge in [0, 0.05) is 18.1 Å². The lowest BCUT2D eigenvalue weighted by Crippen LogP contribution is -2.30. The molecule has 18 heavy (non-hydrogen) atoms. The first-order valence-electron chi connectivity index (χ1n) is 5.59. The van der Waals surface area contributed by atoms with Gasteiger partial charge in [0.25, 0.3) is 0 Å². The summed E-state index contributed by atoms with van der Waals surface area (Å²) in [6.45, 7) is 3.34. The maximum Gasteiger partial charge on any atom is 0.238 e. The molecule has 0 aromatic heterocycles. The van der Waals surface area contributed by atoms with Gasteiger partial charge in [-0.2, -0.15) is 0 Å². The molecule has 0 aliphatic carbocycles. The van der Waals surface area contributed by atoms with Gasteiger partial charge < -0.3 is 21.1 Å². The van der Waals surface area contributed by atoms with Gasteiger partial charge in [-0.25, -0.2) is 0 Å². The number of anilines is 2. The van der Waals surface area contributed by atoms with Crippen LogP contribution in [0.3, 0.4) is 0 Å². The lowest BCUT2D eigenvalue weighted by Gasteiger charge is -2.11. The van der Waals surface area contributed by atoms with Gasteiger partial charge in [-0.3, -0.25) is 4.79 Å². The second-order valence-electron chi connectivity index (χ2n) is 3.90. The van der Waals surface area contributed by atoms with Crippen LogP contribution in [0.1, 0.15) is 5.56 Å². The van der Waals surface area contributed by atoms with E-state index in [1.807, 2.05) is 13.0 Å². The molecule has 5 nitrogen and oxygen atoms in total. The second kappa shape index (κ2) is 7.35. The van der Waals surface area contributed by atoms with Crippen molar-refractivity contribution in [3.63, 3.8) is 0 Å². The number of nitrogen functional groups attached to an aromatic ring is 1. The fourth-order valence-electron chi connectivity index (χ4n) is 1.43. The SMILES string of the molecule is COCCNCC(=O)Nc1cc(Br)cc(C)c1N. The van der Waals surface area contributed by atoms with Crippen molar-refractivity contribution in [1.29, 1.82) is 0 Å². The van der Waals surface area contributed by atoms with E-state index in [0.717, 1.165) is 10.0 Å². The third-order valence-electron chi connectivity index (χ3n) is 2.39. The molecular formula is C12H18BrN3O2. The molecule has 0 heterocycles. The highest BCUT2D eigenvalue weighted by Gasteiger charge is 2.07.